The van der Waals surface area contributed by atoms with Gasteiger partial charge in [0.2, 0.25) is 0 Å². The SMILES string of the molecule is c1ccc(-c2ccccc2-c2ccccc2)cc1.c1cnoc1.c1cscn1. The Hall–Kier alpha value is -3.50. The molecular weight excluding hydrogens is 364 g/mol. The third-order valence-corrected chi connectivity index (χ3v) is 4.31. The Kier molecular flexibility index (Phi) is 7.75. The van der Waals surface area contributed by atoms with Crippen LogP contribution in [0.3, 0.4) is 0 Å². The molecular formula is C24H20N2OS. The zero-order valence-corrected chi connectivity index (χ0v) is 16.1. The van der Waals surface area contributed by atoms with Gasteiger partial charge < -0.3 is 4.52 Å². The fraction of sp³-hybridized carbons (Fsp3) is 0. The van der Waals surface area contributed by atoms with Crippen LogP contribution in [0.15, 0.2) is 125 Å². The summed E-state index contributed by atoms with van der Waals surface area (Å²) < 4.78 is 4.33. The number of hydrogen-bond acceptors (Lipinski definition) is 4. The normalized spacial score (nSPS) is 9.43. The number of nitrogens with zero attached hydrogens (tertiary/aromatic N) is 2. The standard InChI is InChI=1S/C18H14.C3H3NO.C3H3NS/c1-3-9-15(10-4-1)17-13-7-8-14-18(17)16-11-5-2-6-12-16;1-2-4-5-3-1;1-2-5-3-4-1/h1-14H;2*1-3H. The summed E-state index contributed by atoms with van der Waals surface area (Å²) in [6, 6.07) is 31.3. The molecule has 0 saturated carbocycles. The van der Waals surface area contributed by atoms with Crippen LogP contribution in [0.5, 0.6) is 0 Å². The van der Waals surface area contributed by atoms with Crippen molar-refractivity contribution in [1.82, 2.24) is 10.1 Å². The molecule has 0 N–H and O–H groups in total. The van der Waals surface area contributed by atoms with Crippen LogP contribution in [-0.4, -0.2) is 10.1 Å². The maximum absolute atomic E-state index is 4.33. The second-order valence-electron chi connectivity index (χ2n) is 5.64. The Morgan fingerprint density at radius 3 is 1.50 bits per heavy atom. The summed E-state index contributed by atoms with van der Waals surface area (Å²) in [4.78, 5) is 3.74. The van der Waals surface area contributed by atoms with E-state index in [4.69, 9.17) is 0 Å². The summed E-state index contributed by atoms with van der Waals surface area (Å²) in [5, 5.41) is 5.28. The lowest BCUT2D eigenvalue weighted by molar-refractivity contribution is 0.420. The van der Waals surface area contributed by atoms with Gasteiger partial charge in [0.25, 0.3) is 0 Å². The summed E-state index contributed by atoms with van der Waals surface area (Å²) in [6.45, 7) is 0. The molecule has 138 valence electrons. The van der Waals surface area contributed by atoms with Gasteiger partial charge in [0, 0.05) is 11.6 Å². The topological polar surface area (TPSA) is 38.9 Å². The van der Waals surface area contributed by atoms with E-state index in [1.807, 2.05) is 5.38 Å². The molecule has 4 heteroatoms. The molecule has 0 aliphatic rings. The van der Waals surface area contributed by atoms with E-state index in [9.17, 15) is 0 Å². The molecule has 0 amide bonds. The summed E-state index contributed by atoms with van der Waals surface area (Å²) in [6.07, 6.45) is 4.87. The Balaban J connectivity index is 0.000000183. The Labute approximate surface area is 168 Å². The molecule has 5 rings (SSSR count). The van der Waals surface area contributed by atoms with Crippen molar-refractivity contribution in [3.63, 3.8) is 0 Å². The van der Waals surface area contributed by atoms with Crippen LogP contribution in [0.1, 0.15) is 0 Å². The molecule has 0 aliphatic heterocycles. The van der Waals surface area contributed by atoms with E-state index in [1.54, 1.807) is 35.3 Å². The van der Waals surface area contributed by atoms with Crippen molar-refractivity contribution in [2.45, 2.75) is 0 Å². The largest absolute Gasteiger partial charge is 0.365 e. The van der Waals surface area contributed by atoms with Gasteiger partial charge in [-0.25, -0.2) is 0 Å². The van der Waals surface area contributed by atoms with Gasteiger partial charge in [0.05, 0.1) is 11.7 Å². The third kappa shape index (κ3) is 6.04. The van der Waals surface area contributed by atoms with Crippen molar-refractivity contribution in [3.05, 3.63) is 121 Å². The van der Waals surface area contributed by atoms with Crippen molar-refractivity contribution in [3.8, 4) is 22.3 Å². The molecule has 2 heterocycles. The van der Waals surface area contributed by atoms with Crippen molar-refractivity contribution < 1.29 is 4.52 Å². The minimum Gasteiger partial charge on any atom is -0.365 e. The predicted molar refractivity (Wildman–Crippen MR) is 116 cm³/mol. The zero-order valence-electron chi connectivity index (χ0n) is 15.3. The van der Waals surface area contributed by atoms with Crippen LogP contribution in [0, 0.1) is 0 Å². The Morgan fingerprint density at radius 2 is 1.18 bits per heavy atom. The second-order valence-corrected chi connectivity index (χ2v) is 6.40. The van der Waals surface area contributed by atoms with E-state index in [1.165, 1.54) is 28.5 Å². The highest BCUT2D eigenvalue weighted by Gasteiger charge is 2.05. The molecule has 3 aromatic carbocycles. The maximum atomic E-state index is 4.33. The number of rotatable bonds is 2. The first-order valence-electron chi connectivity index (χ1n) is 8.81. The van der Waals surface area contributed by atoms with Gasteiger partial charge >= 0.3 is 0 Å². The van der Waals surface area contributed by atoms with E-state index in [-0.39, 0.29) is 0 Å². The van der Waals surface area contributed by atoms with Crippen LogP contribution >= 0.6 is 11.3 Å². The smallest absolute Gasteiger partial charge is 0.123 e. The second kappa shape index (κ2) is 11.3. The van der Waals surface area contributed by atoms with Gasteiger partial charge in [-0.15, -0.1) is 11.3 Å². The lowest BCUT2D eigenvalue weighted by Gasteiger charge is -2.09. The highest BCUT2D eigenvalue weighted by molar-refractivity contribution is 7.07. The third-order valence-electron chi connectivity index (χ3n) is 3.79. The first kappa shape index (κ1) is 19.3. The van der Waals surface area contributed by atoms with Gasteiger partial charge in [-0.05, 0) is 28.3 Å². The van der Waals surface area contributed by atoms with Crippen LogP contribution < -0.4 is 0 Å². The van der Waals surface area contributed by atoms with E-state index in [0.717, 1.165) is 0 Å². The first-order chi connectivity index (χ1) is 13.9. The number of aromatic nitrogens is 2. The van der Waals surface area contributed by atoms with Gasteiger partial charge in [-0.1, -0.05) is 90.1 Å². The van der Waals surface area contributed by atoms with E-state index < -0.39 is 0 Å². The monoisotopic (exact) mass is 384 g/mol. The van der Waals surface area contributed by atoms with Gasteiger partial charge in [0.1, 0.15) is 6.26 Å². The molecule has 0 bridgehead atoms. The summed E-state index contributed by atoms with van der Waals surface area (Å²) in [5.74, 6) is 0. The summed E-state index contributed by atoms with van der Waals surface area (Å²) >= 11 is 1.60. The van der Waals surface area contributed by atoms with E-state index in [2.05, 4.69) is 99.6 Å². The van der Waals surface area contributed by atoms with E-state index in [0.29, 0.717) is 0 Å². The van der Waals surface area contributed by atoms with Crippen molar-refractivity contribution >= 4 is 11.3 Å². The average molecular weight is 385 g/mol. The summed E-state index contributed by atoms with van der Waals surface area (Å²) in [5.41, 5.74) is 6.88. The van der Waals surface area contributed by atoms with E-state index >= 15 is 0 Å². The Bertz CT molecular complexity index is 880. The molecule has 0 spiro atoms. The van der Waals surface area contributed by atoms with Crippen molar-refractivity contribution in [2.24, 2.45) is 0 Å². The molecule has 0 aliphatic carbocycles. The maximum Gasteiger partial charge on any atom is 0.123 e. The molecule has 5 aromatic rings. The van der Waals surface area contributed by atoms with Crippen molar-refractivity contribution in [2.75, 3.05) is 0 Å². The quantitative estimate of drug-likeness (QED) is 0.334. The van der Waals surface area contributed by atoms with Crippen LogP contribution in [0.2, 0.25) is 0 Å². The van der Waals surface area contributed by atoms with Gasteiger partial charge in [-0.2, -0.15) is 0 Å². The minimum atomic E-state index is 1.26. The zero-order chi connectivity index (χ0) is 19.3. The molecule has 3 nitrogen and oxygen atoms in total. The molecule has 28 heavy (non-hydrogen) atoms. The molecule has 0 unspecified atom stereocenters. The fourth-order valence-electron chi connectivity index (χ4n) is 2.57. The van der Waals surface area contributed by atoms with Crippen LogP contribution in [0.25, 0.3) is 22.3 Å². The Morgan fingerprint density at radius 1 is 0.607 bits per heavy atom. The highest BCUT2D eigenvalue weighted by Crippen LogP contribution is 2.31. The van der Waals surface area contributed by atoms with Gasteiger partial charge in [0.15, 0.2) is 0 Å². The fourth-order valence-corrected chi connectivity index (χ4v) is 2.92. The molecule has 0 atom stereocenters. The molecule has 0 saturated heterocycles. The van der Waals surface area contributed by atoms with Crippen LogP contribution in [0.4, 0.5) is 0 Å². The lowest BCUT2D eigenvalue weighted by Crippen LogP contribution is -1.83. The number of thiazole rings is 1. The molecule has 2 aromatic heterocycles. The number of hydrogen-bond donors (Lipinski definition) is 0. The molecule has 0 fully saturated rings. The number of benzene rings is 3. The average Bonchev–Trinajstić information content (AvgIpc) is 3.54. The summed E-state index contributed by atoms with van der Waals surface area (Å²) in [7, 11) is 0. The van der Waals surface area contributed by atoms with Crippen LogP contribution in [-0.2, 0) is 0 Å². The predicted octanol–water partition coefficient (Wildman–Crippen LogP) is 6.84. The molecule has 0 radical (unpaired) electrons. The first-order valence-corrected chi connectivity index (χ1v) is 9.76. The lowest BCUT2D eigenvalue weighted by atomic mass is 9.95. The van der Waals surface area contributed by atoms with Gasteiger partial charge in [-0.3, -0.25) is 4.98 Å². The highest BCUT2D eigenvalue weighted by atomic mass is 32.1. The minimum absolute atomic E-state index is 1.26. The van der Waals surface area contributed by atoms with Crippen molar-refractivity contribution in [1.29, 1.82) is 0 Å².